The summed E-state index contributed by atoms with van der Waals surface area (Å²) in [4.78, 5) is 27.3. The van der Waals surface area contributed by atoms with Gasteiger partial charge >= 0.3 is 12.4 Å². The Balaban J connectivity index is 0.00000200. The maximum atomic E-state index is 11.9. The number of hydrogen-bond acceptors (Lipinski definition) is 7. The first-order chi connectivity index (χ1) is 9.11. The van der Waals surface area contributed by atoms with Crippen molar-refractivity contribution in [3.05, 3.63) is 40.4 Å². The van der Waals surface area contributed by atoms with Crippen molar-refractivity contribution >= 4 is 18.1 Å². The summed E-state index contributed by atoms with van der Waals surface area (Å²) in [7, 11) is 1.26. The van der Waals surface area contributed by atoms with Gasteiger partial charge in [0.05, 0.1) is 12.8 Å². The molecular weight excluding hydrogens is 272 g/mol. The molecule has 0 saturated carbocycles. The lowest BCUT2D eigenvalue weighted by atomic mass is 10.3. The van der Waals surface area contributed by atoms with Crippen LogP contribution in [-0.4, -0.2) is 45.1 Å². The molecule has 1 aliphatic heterocycles. The number of benzene rings is 1. The van der Waals surface area contributed by atoms with Crippen LogP contribution in [-0.2, 0) is 4.84 Å². The Labute approximate surface area is 112 Å². The Bertz CT molecular complexity index is 521. The smallest absolute Gasteiger partial charge is 0.466 e. The number of carbonyl (C=O) groups excluding carboxylic acids is 1. The second-order valence-electron chi connectivity index (χ2n) is 3.39. The lowest BCUT2D eigenvalue weighted by Crippen LogP contribution is -2.47. The number of nitro groups is 1. The van der Waals surface area contributed by atoms with Crippen LogP contribution in [0.1, 0.15) is 0 Å². The number of nitrogens with zero attached hydrogens (tertiary/aromatic N) is 4. The molecule has 20 heavy (non-hydrogen) atoms. The molecule has 0 aromatic heterocycles. The molecule has 11 heteroatoms. The molecule has 1 heterocycles. The first kappa shape index (κ1) is 15.3. The van der Waals surface area contributed by atoms with Crippen molar-refractivity contribution in [2.75, 3.05) is 12.4 Å². The van der Waals surface area contributed by atoms with Crippen molar-refractivity contribution < 1.29 is 24.8 Å². The number of carbonyl (C=O) groups is 1. The van der Waals surface area contributed by atoms with E-state index in [9.17, 15) is 14.9 Å². The number of hydrazone groups is 1. The third-order valence-corrected chi connectivity index (χ3v) is 2.18. The molecular formula is C9H12N6O5. The van der Waals surface area contributed by atoms with E-state index in [0.717, 1.165) is 16.3 Å². The van der Waals surface area contributed by atoms with Gasteiger partial charge in [-0.2, -0.15) is 0 Å². The summed E-state index contributed by atoms with van der Waals surface area (Å²) in [5.74, 6) is 0. The average molecular weight is 284 g/mol. The van der Waals surface area contributed by atoms with Crippen LogP contribution in [0.4, 0.5) is 10.5 Å². The van der Waals surface area contributed by atoms with Gasteiger partial charge in [-0.1, -0.05) is 22.9 Å². The van der Waals surface area contributed by atoms with Gasteiger partial charge in [0.25, 0.3) is 0 Å². The molecule has 1 aromatic carbocycles. The van der Waals surface area contributed by atoms with E-state index in [1.54, 1.807) is 30.3 Å². The standard InChI is InChI=1S/C9H10N6O4.H2O/c1-19-14-11-13(15(17)18)7-12(14)9(16)10-8-5-3-2-4-6-8;/h2-7,11H,1H3;1H2. The third-order valence-electron chi connectivity index (χ3n) is 2.18. The van der Waals surface area contributed by atoms with Gasteiger partial charge in [-0.25, -0.2) is 25.1 Å². The topological polar surface area (TPSA) is 133 Å². The molecule has 0 fully saturated rings. The Kier molecular flexibility index (Phi) is 4.91. The number of rotatable bonds is 3. The highest BCUT2D eigenvalue weighted by molar-refractivity contribution is 5.84. The van der Waals surface area contributed by atoms with Gasteiger partial charge in [-0.3, -0.25) is 0 Å². The lowest BCUT2D eigenvalue weighted by molar-refractivity contribution is -0.711. The van der Waals surface area contributed by atoms with Crippen LogP contribution >= 0.6 is 0 Å². The van der Waals surface area contributed by atoms with Gasteiger partial charge in [0, 0.05) is 5.53 Å². The fraction of sp³-hybridized carbons (Fsp3) is 0.111. The van der Waals surface area contributed by atoms with E-state index in [0.29, 0.717) is 10.8 Å². The minimum absolute atomic E-state index is 0. The Morgan fingerprint density at radius 3 is 2.65 bits per heavy atom. The van der Waals surface area contributed by atoms with E-state index >= 15 is 0 Å². The number of anilines is 1. The summed E-state index contributed by atoms with van der Waals surface area (Å²) in [5, 5.41) is 13.7. The van der Waals surface area contributed by atoms with Crippen LogP contribution in [0.3, 0.4) is 0 Å². The minimum Gasteiger partial charge on any atom is -0.870 e. The van der Waals surface area contributed by atoms with E-state index in [2.05, 4.69) is 10.9 Å². The molecule has 0 spiro atoms. The number of nitrogens with one attached hydrogen (secondary N) is 2. The summed E-state index contributed by atoms with van der Waals surface area (Å²) in [6.07, 6.45) is 0.932. The second-order valence-corrected chi connectivity index (χ2v) is 3.39. The summed E-state index contributed by atoms with van der Waals surface area (Å²) in [6.45, 7) is 0. The molecule has 108 valence electrons. The molecule has 0 aliphatic carbocycles. The van der Waals surface area contributed by atoms with Gasteiger partial charge in [0.2, 0.25) is 5.03 Å². The van der Waals surface area contributed by atoms with Crippen molar-refractivity contribution in [2.24, 2.45) is 0 Å². The molecule has 2 amide bonds. The zero-order valence-electron chi connectivity index (χ0n) is 10.3. The lowest BCUT2D eigenvalue weighted by Gasteiger charge is -2.11. The molecule has 0 bridgehead atoms. The zero-order chi connectivity index (χ0) is 13.8. The van der Waals surface area contributed by atoms with Gasteiger partial charge in [-0.15, -0.1) is 0 Å². The monoisotopic (exact) mass is 284 g/mol. The van der Waals surface area contributed by atoms with E-state index in [1.165, 1.54) is 7.11 Å². The molecule has 1 aliphatic rings. The number of hydrazine groups is 4. The van der Waals surface area contributed by atoms with Gasteiger partial charge in [0.15, 0.2) is 0 Å². The van der Waals surface area contributed by atoms with Crippen molar-refractivity contribution in [1.82, 2.24) is 15.9 Å². The maximum Gasteiger partial charge on any atom is 0.466 e. The van der Waals surface area contributed by atoms with Crippen molar-refractivity contribution in [3.8, 4) is 0 Å². The van der Waals surface area contributed by atoms with Crippen LogP contribution < -0.4 is 10.9 Å². The van der Waals surface area contributed by atoms with E-state index in [4.69, 9.17) is 4.84 Å². The Hall–Kier alpha value is -2.76. The molecule has 3 N–H and O–H groups in total. The quantitative estimate of drug-likeness (QED) is 0.442. The van der Waals surface area contributed by atoms with Gasteiger partial charge in [0.1, 0.15) is 5.12 Å². The number of hydrogen-bond donors (Lipinski definition) is 2. The molecule has 0 saturated heterocycles. The summed E-state index contributed by atoms with van der Waals surface area (Å²) >= 11 is 0. The number of urea groups is 1. The van der Waals surface area contributed by atoms with Crippen LogP contribution in [0.15, 0.2) is 30.3 Å². The van der Waals surface area contributed by atoms with Crippen LogP contribution in [0.25, 0.3) is 0 Å². The summed E-state index contributed by atoms with van der Waals surface area (Å²) < 4.78 is 0.871. The highest BCUT2D eigenvalue weighted by Crippen LogP contribution is 2.07. The number of amides is 2. The highest BCUT2D eigenvalue weighted by atomic mass is 16.8. The van der Waals surface area contributed by atoms with Crippen molar-refractivity contribution in [3.63, 3.8) is 0 Å². The van der Waals surface area contributed by atoms with E-state index in [1.807, 2.05) is 0 Å². The molecule has 2 rings (SSSR count). The minimum atomic E-state index is -0.748. The second kappa shape index (κ2) is 6.42. The predicted molar refractivity (Wildman–Crippen MR) is 64.5 cm³/mol. The molecule has 11 nitrogen and oxygen atoms in total. The highest BCUT2D eigenvalue weighted by Gasteiger charge is 2.38. The first-order valence-electron chi connectivity index (χ1n) is 5.16. The molecule has 0 unspecified atom stereocenters. The summed E-state index contributed by atoms with van der Waals surface area (Å²) in [5.41, 5.74) is 2.76. The molecule has 1 aromatic rings. The van der Waals surface area contributed by atoms with E-state index in [-0.39, 0.29) is 5.48 Å². The van der Waals surface area contributed by atoms with Crippen LogP contribution in [0.5, 0.6) is 0 Å². The predicted octanol–water partition coefficient (Wildman–Crippen LogP) is -0.212. The largest absolute Gasteiger partial charge is 0.870 e. The SMILES string of the molecule is CON1NN([N+](=O)[O-])C=[N+]1C(=O)Nc1ccccc1.[OH-]. The molecule has 0 radical (unpaired) electrons. The fourth-order valence-corrected chi connectivity index (χ4v) is 1.36. The normalized spacial score (nSPS) is 13.6. The van der Waals surface area contributed by atoms with Crippen molar-refractivity contribution in [2.45, 2.75) is 0 Å². The Morgan fingerprint density at radius 2 is 2.10 bits per heavy atom. The van der Waals surface area contributed by atoms with Gasteiger partial charge < -0.3 is 5.48 Å². The summed E-state index contributed by atoms with van der Waals surface area (Å²) in [6, 6.07) is 8.05. The fourth-order valence-electron chi connectivity index (χ4n) is 1.36. The molecule has 0 atom stereocenters. The van der Waals surface area contributed by atoms with Crippen LogP contribution in [0.2, 0.25) is 0 Å². The van der Waals surface area contributed by atoms with Crippen LogP contribution in [0, 0.1) is 10.1 Å². The zero-order valence-corrected chi connectivity index (χ0v) is 10.3. The first-order valence-corrected chi connectivity index (χ1v) is 5.16. The third kappa shape index (κ3) is 3.17. The Morgan fingerprint density at radius 1 is 1.45 bits per heavy atom. The van der Waals surface area contributed by atoms with Crippen molar-refractivity contribution in [1.29, 1.82) is 0 Å². The maximum absolute atomic E-state index is 11.9. The van der Waals surface area contributed by atoms with E-state index < -0.39 is 11.1 Å². The van der Waals surface area contributed by atoms with Gasteiger partial charge in [-0.05, 0) is 17.4 Å². The average Bonchev–Trinajstić information content (AvgIpc) is 2.84. The number of para-hydroxylation sites is 1.